The van der Waals surface area contributed by atoms with Crippen LogP contribution in [0.5, 0.6) is 0 Å². The molecule has 0 saturated heterocycles. The van der Waals surface area contributed by atoms with Gasteiger partial charge in [-0.25, -0.2) is 0 Å². The molecule has 0 amide bonds. The Morgan fingerprint density at radius 3 is 1.76 bits per heavy atom. The number of ether oxygens (including phenoxy) is 2. The maximum Gasteiger partial charge on any atom is 0.331 e. The minimum atomic E-state index is -1.91. The van der Waals surface area contributed by atoms with Crippen molar-refractivity contribution >= 4 is 17.7 Å². The van der Waals surface area contributed by atoms with Crippen molar-refractivity contribution < 1.29 is 23.9 Å². The van der Waals surface area contributed by atoms with Gasteiger partial charge in [-0.1, -0.05) is 6.08 Å². The maximum atomic E-state index is 11.8. The zero-order valence-corrected chi connectivity index (χ0v) is 10.4. The second-order valence-electron chi connectivity index (χ2n) is 3.40. The summed E-state index contributed by atoms with van der Waals surface area (Å²) in [7, 11) is 0. The quantitative estimate of drug-likeness (QED) is 0.382. The number of ketones is 1. The number of rotatable bonds is 7. The number of carbonyl (C=O) groups excluding carboxylic acids is 3. The molecule has 0 radical (unpaired) electrons. The van der Waals surface area contributed by atoms with Crippen LogP contribution >= 0.6 is 0 Å². The summed E-state index contributed by atoms with van der Waals surface area (Å²) in [5, 5.41) is 0. The average molecular weight is 242 g/mol. The van der Waals surface area contributed by atoms with Gasteiger partial charge in [0.1, 0.15) is 0 Å². The first kappa shape index (κ1) is 15.3. The highest BCUT2D eigenvalue weighted by Gasteiger charge is 2.52. The second kappa shape index (κ2) is 6.83. The van der Waals surface area contributed by atoms with Crippen LogP contribution in [0.1, 0.15) is 27.2 Å². The first-order valence-electron chi connectivity index (χ1n) is 5.43. The van der Waals surface area contributed by atoms with Crippen molar-refractivity contribution in [1.82, 2.24) is 0 Å². The Kier molecular flexibility index (Phi) is 6.17. The van der Waals surface area contributed by atoms with E-state index in [9.17, 15) is 14.4 Å². The minimum absolute atomic E-state index is 0.0877. The van der Waals surface area contributed by atoms with Gasteiger partial charge in [-0.05, 0) is 27.2 Å². The highest BCUT2D eigenvalue weighted by molar-refractivity contribution is 6.19. The van der Waals surface area contributed by atoms with Crippen LogP contribution in [0.2, 0.25) is 0 Å². The number of hydrogen-bond donors (Lipinski definition) is 0. The lowest BCUT2D eigenvalue weighted by Crippen LogP contribution is -2.47. The summed E-state index contributed by atoms with van der Waals surface area (Å²) in [6.45, 7) is 7.98. The number of allylic oxidation sites excluding steroid dienone is 1. The first-order chi connectivity index (χ1) is 7.97. The van der Waals surface area contributed by atoms with Crippen LogP contribution in [0.4, 0.5) is 0 Å². The van der Waals surface area contributed by atoms with Gasteiger partial charge in [0, 0.05) is 0 Å². The molecule has 0 heterocycles. The summed E-state index contributed by atoms with van der Waals surface area (Å²) in [6, 6.07) is 0. The third-order valence-corrected chi connectivity index (χ3v) is 2.30. The monoisotopic (exact) mass is 242 g/mol. The van der Waals surface area contributed by atoms with E-state index < -0.39 is 23.1 Å². The van der Waals surface area contributed by atoms with Crippen LogP contribution in [0.15, 0.2) is 12.7 Å². The lowest BCUT2D eigenvalue weighted by molar-refractivity contribution is -0.174. The van der Waals surface area contributed by atoms with Gasteiger partial charge in [0.2, 0.25) is 5.41 Å². The Labute approximate surface area is 101 Å². The summed E-state index contributed by atoms with van der Waals surface area (Å²) in [5.74, 6) is -2.37. The fourth-order valence-corrected chi connectivity index (χ4v) is 1.41. The molecule has 0 bridgehead atoms. The normalized spacial score (nSPS) is 10.5. The van der Waals surface area contributed by atoms with Crippen LogP contribution in [0.3, 0.4) is 0 Å². The lowest BCUT2D eigenvalue weighted by Gasteiger charge is -2.25. The van der Waals surface area contributed by atoms with E-state index in [1.165, 1.54) is 6.08 Å². The molecule has 0 aliphatic carbocycles. The third-order valence-electron chi connectivity index (χ3n) is 2.30. The fourth-order valence-electron chi connectivity index (χ4n) is 1.41. The standard InChI is InChI=1S/C12H18O5/c1-5-8-12(9(4)13,10(14)16-6-2)11(15)17-7-3/h5H,1,6-8H2,2-4H3. The van der Waals surface area contributed by atoms with Crippen LogP contribution in [-0.2, 0) is 23.9 Å². The number of carbonyl (C=O) groups is 3. The van der Waals surface area contributed by atoms with Gasteiger partial charge in [0.15, 0.2) is 5.78 Å². The summed E-state index contributed by atoms with van der Waals surface area (Å²) >= 11 is 0. The molecule has 5 heteroatoms. The van der Waals surface area contributed by atoms with E-state index in [2.05, 4.69) is 6.58 Å². The van der Waals surface area contributed by atoms with Crippen molar-refractivity contribution in [3.8, 4) is 0 Å². The van der Waals surface area contributed by atoms with Crippen LogP contribution in [-0.4, -0.2) is 30.9 Å². The predicted molar refractivity (Wildman–Crippen MR) is 61.2 cm³/mol. The van der Waals surface area contributed by atoms with E-state index in [0.29, 0.717) is 0 Å². The molecule has 0 N–H and O–H groups in total. The molecule has 0 unspecified atom stereocenters. The summed E-state index contributed by atoms with van der Waals surface area (Å²) in [6.07, 6.45) is 1.20. The van der Waals surface area contributed by atoms with Gasteiger partial charge in [0.25, 0.3) is 0 Å². The Morgan fingerprint density at radius 2 is 1.53 bits per heavy atom. The van der Waals surface area contributed by atoms with E-state index in [1.807, 2.05) is 0 Å². The maximum absolute atomic E-state index is 11.8. The van der Waals surface area contributed by atoms with Gasteiger partial charge in [-0.2, -0.15) is 0 Å². The molecule has 0 aromatic rings. The van der Waals surface area contributed by atoms with Gasteiger partial charge >= 0.3 is 11.9 Å². The smallest absolute Gasteiger partial charge is 0.331 e. The van der Waals surface area contributed by atoms with E-state index in [1.54, 1.807) is 13.8 Å². The minimum Gasteiger partial charge on any atom is -0.465 e. The van der Waals surface area contributed by atoms with E-state index in [4.69, 9.17) is 9.47 Å². The van der Waals surface area contributed by atoms with Crippen molar-refractivity contribution in [3.63, 3.8) is 0 Å². The van der Waals surface area contributed by atoms with Gasteiger partial charge in [-0.3, -0.25) is 14.4 Å². The molecule has 0 fully saturated rings. The number of Topliss-reactive ketones (excluding diaryl/α,β-unsaturated/α-hetero) is 1. The number of esters is 2. The van der Waals surface area contributed by atoms with Gasteiger partial charge < -0.3 is 9.47 Å². The molecule has 0 aromatic carbocycles. The third kappa shape index (κ3) is 3.15. The van der Waals surface area contributed by atoms with Crippen LogP contribution in [0, 0.1) is 5.41 Å². The summed E-state index contributed by atoms with van der Waals surface area (Å²) < 4.78 is 9.56. The van der Waals surface area contributed by atoms with Gasteiger partial charge in [0.05, 0.1) is 13.2 Å². The molecule has 5 nitrogen and oxygen atoms in total. The zero-order valence-electron chi connectivity index (χ0n) is 10.4. The Morgan fingerprint density at radius 1 is 1.12 bits per heavy atom. The molecule has 0 saturated carbocycles. The molecule has 17 heavy (non-hydrogen) atoms. The molecule has 0 spiro atoms. The highest BCUT2D eigenvalue weighted by atomic mass is 16.6. The Bertz CT molecular complexity index is 301. The molecular weight excluding hydrogens is 224 g/mol. The van der Waals surface area contributed by atoms with Gasteiger partial charge in [-0.15, -0.1) is 6.58 Å². The molecular formula is C12H18O5. The van der Waals surface area contributed by atoms with Crippen molar-refractivity contribution in [1.29, 1.82) is 0 Å². The predicted octanol–water partition coefficient (Wildman–Crippen LogP) is 1.26. The molecule has 0 aliphatic rings. The van der Waals surface area contributed by atoms with Crippen LogP contribution < -0.4 is 0 Å². The number of hydrogen-bond acceptors (Lipinski definition) is 5. The first-order valence-corrected chi connectivity index (χ1v) is 5.43. The molecule has 0 rings (SSSR count). The lowest BCUT2D eigenvalue weighted by atomic mass is 9.80. The zero-order chi connectivity index (χ0) is 13.5. The van der Waals surface area contributed by atoms with E-state index >= 15 is 0 Å². The summed E-state index contributed by atoms with van der Waals surface area (Å²) in [4.78, 5) is 35.3. The molecule has 96 valence electrons. The molecule has 0 aliphatic heterocycles. The second-order valence-corrected chi connectivity index (χ2v) is 3.40. The molecule has 0 atom stereocenters. The fraction of sp³-hybridized carbons (Fsp3) is 0.583. The van der Waals surface area contributed by atoms with Crippen molar-refractivity contribution in [2.24, 2.45) is 5.41 Å². The van der Waals surface area contributed by atoms with Crippen molar-refractivity contribution in [3.05, 3.63) is 12.7 Å². The largest absolute Gasteiger partial charge is 0.465 e. The average Bonchev–Trinajstić information content (AvgIpc) is 2.25. The SMILES string of the molecule is C=CCC(C(C)=O)(C(=O)OCC)C(=O)OCC. The van der Waals surface area contributed by atoms with E-state index in [-0.39, 0.29) is 19.6 Å². The van der Waals surface area contributed by atoms with Crippen LogP contribution in [0.25, 0.3) is 0 Å². The van der Waals surface area contributed by atoms with Crippen molar-refractivity contribution in [2.45, 2.75) is 27.2 Å². The highest BCUT2D eigenvalue weighted by Crippen LogP contribution is 2.28. The summed E-state index contributed by atoms with van der Waals surface area (Å²) in [5.41, 5.74) is -1.91. The van der Waals surface area contributed by atoms with Crippen molar-refractivity contribution in [2.75, 3.05) is 13.2 Å². The van der Waals surface area contributed by atoms with E-state index in [0.717, 1.165) is 6.92 Å². The molecule has 0 aromatic heterocycles. The Hall–Kier alpha value is -1.65. The topological polar surface area (TPSA) is 69.7 Å². The Balaban J connectivity index is 5.41.